The summed E-state index contributed by atoms with van der Waals surface area (Å²) in [5, 5.41) is 8.04. The average molecular weight is 262 g/mol. The molecule has 9 heteroatoms. The molecule has 0 spiro atoms. The van der Waals surface area contributed by atoms with Crippen molar-refractivity contribution >= 4 is 50.3 Å². The molecule has 0 amide bonds. The van der Waals surface area contributed by atoms with Gasteiger partial charge in [0, 0.05) is 0 Å². The van der Waals surface area contributed by atoms with E-state index < -0.39 is 35.2 Å². The summed E-state index contributed by atoms with van der Waals surface area (Å²) in [5.74, 6) is -2.57. The van der Waals surface area contributed by atoms with Crippen molar-refractivity contribution in [3.05, 3.63) is 12.7 Å². The quantitative estimate of drug-likeness (QED) is 0.405. The zero-order valence-electron chi connectivity index (χ0n) is 8.75. The first-order chi connectivity index (χ1) is 7.22. The van der Waals surface area contributed by atoms with Crippen LogP contribution in [0.3, 0.4) is 0 Å². The van der Waals surface area contributed by atoms with Crippen LogP contribution < -0.4 is 0 Å². The van der Waals surface area contributed by atoms with E-state index >= 15 is 0 Å². The van der Waals surface area contributed by atoms with Gasteiger partial charge in [-0.1, -0.05) is 0 Å². The molecule has 0 aromatic carbocycles. The minimum atomic E-state index is -4.81. The first-order valence-electron chi connectivity index (χ1n) is 4.25. The number of rotatable bonds is 5. The second kappa shape index (κ2) is 9.79. The van der Waals surface area contributed by atoms with Gasteiger partial charge in [0.1, 0.15) is 0 Å². The van der Waals surface area contributed by atoms with Crippen molar-refractivity contribution in [1.82, 2.24) is 0 Å². The number of carboxylic acids is 1. The topological polar surface area (TPSA) is 118 Å². The monoisotopic (exact) mass is 262 g/mol. The molecule has 0 fully saturated rings. The van der Waals surface area contributed by atoms with Crippen LogP contribution in [-0.4, -0.2) is 57.9 Å². The predicted molar refractivity (Wildman–Crippen MR) is 55.3 cm³/mol. The average Bonchev–Trinajstić information content (AvgIpc) is 2.12. The van der Waals surface area contributed by atoms with E-state index in [2.05, 4.69) is 10.8 Å². The molecule has 7 nitrogen and oxygen atoms in total. The van der Waals surface area contributed by atoms with E-state index in [4.69, 9.17) is 9.66 Å². The molecular weight excluding hydrogens is 251 g/mol. The van der Waals surface area contributed by atoms with Crippen LogP contribution in [0.1, 0.15) is 12.8 Å². The molecule has 88 valence electrons. The van der Waals surface area contributed by atoms with E-state index in [1.54, 1.807) is 0 Å². The van der Waals surface area contributed by atoms with Crippen LogP contribution in [0.2, 0.25) is 3.67 Å². The van der Waals surface area contributed by atoms with Crippen molar-refractivity contribution < 1.29 is 31.8 Å². The van der Waals surface area contributed by atoms with Crippen molar-refractivity contribution in [3.63, 3.8) is 0 Å². The number of carbonyl (C=O) groups excluding carboxylic acids is 1. The molecule has 0 bridgehead atoms. The second-order valence-corrected chi connectivity index (χ2v) is 4.31. The Hall–Kier alpha value is -0.410. The number of carboxylic acid groups (broad SMARTS) is 1. The van der Waals surface area contributed by atoms with Crippen molar-refractivity contribution in [3.8, 4) is 0 Å². The maximum atomic E-state index is 10.3. The van der Waals surface area contributed by atoms with E-state index in [1.807, 2.05) is 6.08 Å². The Kier molecular flexibility index (Phi) is 11.0. The molecule has 0 atom stereocenters. The molecular formula is C7H11NaO7S. The molecule has 0 heterocycles. The van der Waals surface area contributed by atoms with Gasteiger partial charge < -0.3 is 9.29 Å². The fourth-order valence-corrected chi connectivity index (χ4v) is 0.686. The third kappa shape index (κ3) is 19.2. The van der Waals surface area contributed by atoms with E-state index in [1.165, 1.54) is 31.6 Å². The van der Waals surface area contributed by atoms with E-state index in [0.717, 1.165) is 0 Å². The largest absolute Gasteiger partial charge is 0.481 e. The molecule has 0 saturated carbocycles. The fraction of sp³-hybridized carbons (Fsp3) is 0.429. The van der Waals surface area contributed by atoms with Gasteiger partial charge in [-0.25, -0.2) is 0 Å². The zero-order chi connectivity index (χ0) is 13.2. The van der Waals surface area contributed by atoms with Crippen molar-refractivity contribution in [2.75, 3.05) is 0 Å². The van der Waals surface area contributed by atoms with E-state index in [9.17, 15) is 18.0 Å². The Morgan fingerprint density at radius 1 is 1.38 bits per heavy atom. The van der Waals surface area contributed by atoms with E-state index in [-0.39, 0.29) is 0 Å². The standard InChI is InChI=1S/C4H6O7S.C3H5.Na/c5-3(6)1-2-4(7)11-12(8,9)10;1-3-2;/h1-2H2,(H,5,6)(H,8,9,10);3H,1-2H2;. The Morgan fingerprint density at radius 3 is 2.06 bits per heavy atom. The molecule has 16 heavy (non-hydrogen) atoms. The molecule has 2 N–H and O–H groups in total. The van der Waals surface area contributed by atoms with Gasteiger partial charge in [0.2, 0.25) is 0 Å². The first kappa shape index (κ1) is 18.0. The van der Waals surface area contributed by atoms with E-state index in [0.29, 0.717) is 0 Å². The Balaban J connectivity index is 0. The molecule has 0 radical (unpaired) electrons. The molecule has 0 aliphatic rings. The number of carbonyl (C=O) groups is 2. The molecule has 0 saturated heterocycles. The maximum Gasteiger partial charge on any atom is 0.448 e. The SMILES string of the molecule is C=C[CH2][Na].O=C(O)CCC(=O)OS(=O)(=O)O. The van der Waals surface area contributed by atoms with Crippen LogP contribution in [0.15, 0.2) is 12.7 Å². The second-order valence-electron chi connectivity index (χ2n) is 2.47. The smallest absolute Gasteiger partial charge is 0.448 e. The molecule has 0 rings (SSSR count). The minimum absolute atomic E-state index is 0.547. The summed E-state index contributed by atoms with van der Waals surface area (Å²) in [5.41, 5.74) is 0. The molecule has 0 aliphatic carbocycles. The van der Waals surface area contributed by atoms with Crippen LogP contribution >= 0.6 is 0 Å². The Morgan fingerprint density at radius 2 is 1.81 bits per heavy atom. The molecule has 0 aromatic rings. The maximum absolute atomic E-state index is 10.3. The normalized spacial score (nSPS) is 9.69. The van der Waals surface area contributed by atoms with Gasteiger partial charge in [-0.3, -0.25) is 14.1 Å². The Bertz CT molecular complexity index is 335. The third-order valence-corrected chi connectivity index (χ3v) is 2.00. The minimum Gasteiger partial charge on any atom is -0.481 e. The summed E-state index contributed by atoms with van der Waals surface area (Å²) in [6.07, 6.45) is 0.787. The van der Waals surface area contributed by atoms with Crippen LogP contribution in [0.25, 0.3) is 0 Å². The van der Waals surface area contributed by atoms with Crippen LogP contribution in [0, 0.1) is 0 Å². The molecule has 0 unspecified atom stereocenters. The summed E-state index contributed by atoms with van der Waals surface area (Å²) in [4.78, 5) is 20.2. The summed E-state index contributed by atoms with van der Waals surface area (Å²) >= 11 is 1.27. The zero-order valence-corrected chi connectivity index (χ0v) is 11.6. The fourth-order valence-electron chi connectivity index (χ4n) is 0.368. The number of hydrogen-bond donors (Lipinski definition) is 2. The first-order valence-corrected chi connectivity index (χ1v) is 7.03. The summed E-state index contributed by atoms with van der Waals surface area (Å²) in [6, 6.07) is 0. The van der Waals surface area contributed by atoms with Gasteiger partial charge in [-0.05, 0) is 0 Å². The van der Waals surface area contributed by atoms with Gasteiger partial charge in [0.25, 0.3) is 0 Å². The number of hydrogen-bond acceptors (Lipinski definition) is 5. The summed E-state index contributed by atoms with van der Waals surface area (Å²) in [7, 11) is -4.81. The summed E-state index contributed by atoms with van der Waals surface area (Å²) in [6.45, 7) is 3.51. The van der Waals surface area contributed by atoms with Crippen molar-refractivity contribution in [2.24, 2.45) is 0 Å². The van der Waals surface area contributed by atoms with Gasteiger partial charge >= 0.3 is 66.6 Å². The van der Waals surface area contributed by atoms with Gasteiger partial charge in [-0.15, -0.1) is 0 Å². The third-order valence-electron chi connectivity index (χ3n) is 1.03. The van der Waals surface area contributed by atoms with Gasteiger partial charge in [-0.2, -0.15) is 8.42 Å². The number of aliphatic carboxylic acids is 1. The van der Waals surface area contributed by atoms with Crippen LogP contribution in [0.4, 0.5) is 0 Å². The van der Waals surface area contributed by atoms with Gasteiger partial charge in [0.15, 0.2) is 0 Å². The molecule has 0 aliphatic heterocycles. The summed E-state index contributed by atoms with van der Waals surface area (Å²) < 4.78 is 32.3. The predicted octanol–water partition coefficient (Wildman–Crippen LogP) is -0.0436. The van der Waals surface area contributed by atoms with Crippen LogP contribution in [0.5, 0.6) is 0 Å². The van der Waals surface area contributed by atoms with Crippen molar-refractivity contribution in [2.45, 2.75) is 16.5 Å². The van der Waals surface area contributed by atoms with Crippen molar-refractivity contribution in [1.29, 1.82) is 0 Å². The Labute approximate surface area is 111 Å². The molecule has 0 aromatic heterocycles. The van der Waals surface area contributed by atoms with Crippen LogP contribution in [-0.2, 0) is 24.2 Å². The number of allylic oxidation sites excluding steroid dienone is 1. The van der Waals surface area contributed by atoms with Gasteiger partial charge in [0.05, 0.1) is 12.8 Å².